The first-order valence-corrected chi connectivity index (χ1v) is 7.85. The number of rotatable bonds is 5. The van der Waals surface area contributed by atoms with Crippen molar-refractivity contribution in [2.45, 2.75) is 31.6 Å². The van der Waals surface area contributed by atoms with Gasteiger partial charge in [0.25, 0.3) is 0 Å². The largest absolute Gasteiger partial charge is 0.325 e. The molecule has 2 heterocycles. The summed E-state index contributed by atoms with van der Waals surface area (Å²) in [5.74, 6) is 1.30. The Balaban J connectivity index is 1.77. The minimum Gasteiger partial charge on any atom is -0.325 e. The molecule has 94 valence electrons. The second-order valence-electron chi connectivity index (χ2n) is 4.20. The molecule has 1 aliphatic rings. The standard InChI is InChI=1S/C12H18N2OS2/c1-9(15)14-11-4-6-17-12(11)8-13-7-10-3-2-5-16-10/h4,6,10,13H,2-3,5,7-8H2,1H3,(H,14,15). The summed E-state index contributed by atoms with van der Waals surface area (Å²) >= 11 is 3.76. The van der Waals surface area contributed by atoms with E-state index < -0.39 is 0 Å². The molecule has 1 saturated heterocycles. The summed E-state index contributed by atoms with van der Waals surface area (Å²) in [5, 5.41) is 9.14. The van der Waals surface area contributed by atoms with Crippen molar-refractivity contribution in [3.63, 3.8) is 0 Å². The van der Waals surface area contributed by atoms with E-state index in [4.69, 9.17) is 0 Å². The maximum atomic E-state index is 11.0. The Morgan fingerprint density at radius 3 is 3.18 bits per heavy atom. The van der Waals surface area contributed by atoms with Crippen LogP contribution in [0.3, 0.4) is 0 Å². The molecule has 1 fully saturated rings. The number of anilines is 1. The molecule has 2 N–H and O–H groups in total. The number of amides is 1. The van der Waals surface area contributed by atoms with Gasteiger partial charge >= 0.3 is 0 Å². The smallest absolute Gasteiger partial charge is 0.221 e. The van der Waals surface area contributed by atoms with Crippen molar-refractivity contribution in [1.29, 1.82) is 0 Å². The lowest BCUT2D eigenvalue weighted by Gasteiger charge is -2.10. The Kier molecular flexibility index (Phi) is 4.88. The highest BCUT2D eigenvalue weighted by Crippen LogP contribution is 2.26. The molecular formula is C12H18N2OS2. The van der Waals surface area contributed by atoms with Crippen LogP contribution in [0.2, 0.25) is 0 Å². The first-order chi connectivity index (χ1) is 8.25. The molecule has 1 aromatic rings. The Morgan fingerprint density at radius 2 is 2.47 bits per heavy atom. The quantitative estimate of drug-likeness (QED) is 0.864. The van der Waals surface area contributed by atoms with Gasteiger partial charge in [-0.05, 0) is 30.0 Å². The van der Waals surface area contributed by atoms with Crippen LogP contribution in [-0.4, -0.2) is 23.5 Å². The van der Waals surface area contributed by atoms with Crippen molar-refractivity contribution in [1.82, 2.24) is 5.32 Å². The molecule has 1 unspecified atom stereocenters. The van der Waals surface area contributed by atoms with Crippen molar-refractivity contribution in [3.8, 4) is 0 Å². The van der Waals surface area contributed by atoms with Crippen LogP contribution in [0.15, 0.2) is 11.4 Å². The maximum absolute atomic E-state index is 11.0. The van der Waals surface area contributed by atoms with Gasteiger partial charge in [-0.2, -0.15) is 11.8 Å². The average Bonchev–Trinajstić information content (AvgIpc) is 2.90. The minimum absolute atomic E-state index is 0.00371. The molecule has 0 bridgehead atoms. The third-order valence-corrected chi connectivity index (χ3v) is 5.06. The predicted octanol–water partition coefficient (Wildman–Crippen LogP) is 2.69. The molecular weight excluding hydrogens is 252 g/mol. The van der Waals surface area contributed by atoms with Gasteiger partial charge in [-0.1, -0.05) is 0 Å². The van der Waals surface area contributed by atoms with Gasteiger partial charge in [0, 0.05) is 30.1 Å². The van der Waals surface area contributed by atoms with Gasteiger partial charge in [0.2, 0.25) is 5.91 Å². The van der Waals surface area contributed by atoms with E-state index >= 15 is 0 Å². The molecule has 1 aromatic heterocycles. The van der Waals surface area contributed by atoms with E-state index in [-0.39, 0.29) is 5.91 Å². The molecule has 1 amide bonds. The SMILES string of the molecule is CC(=O)Nc1ccsc1CNCC1CCCS1. The lowest BCUT2D eigenvalue weighted by atomic mass is 10.2. The van der Waals surface area contributed by atoms with Crippen LogP contribution >= 0.6 is 23.1 Å². The van der Waals surface area contributed by atoms with Crippen molar-refractivity contribution in [2.75, 3.05) is 17.6 Å². The van der Waals surface area contributed by atoms with Crippen molar-refractivity contribution < 1.29 is 4.79 Å². The number of carbonyl (C=O) groups is 1. The normalized spacial score (nSPS) is 19.5. The molecule has 17 heavy (non-hydrogen) atoms. The first-order valence-electron chi connectivity index (χ1n) is 5.92. The highest BCUT2D eigenvalue weighted by molar-refractivity contribution is 8.00. The third-order valence-electron chi connectivity index (χ3n) is 2.74. The number of thioether (sulfide) groups is 1. The highest BCUT2D eigenvalue weighted by Gasteiger charge is 2.15. The average molecular weight is 270 g/mol. The second-order valence-corrected chi connectivity index (χ2v) is 6.61. The summed E-state index contributed by atoms with van der Waals surface area (Å²) in [6.07, 6.45) is 2.69. The molecule has 0 radical (unpaired) electrons. The lowest BCUT2D eigenvalue weighted by molar-refractivity contribution is -0.114. The van der Waals surface area contributed by atoms with Crippen LogP contribution in [0.5, 0.6) is 0 Å². The van der Waals surface area contributed by atoms with Gasteiger partial charge < -0.3 is 10.6 Å². The molecule has 0 aliphatic carbocycles. The number of thiophene rings is 1. The van der Waals surface area contributed by atoms with Gasteiger partial charge in [-0.15, -0.1) is 11.3 Å². The van der Waals surface area contributed by atoms with E-state index in [9.17, 15) is 4.79 Å². The summed E-state index contributed by atoms with van der Waals surface area (Å²) in [4.78, 5) is 12.2. The number of carbonyl (C=O) groups excluding carboxylic acids is 1. The summed E-state index contributed by atoms with van der Waals surface area (Å²) in [6, 6.07) is 1.97. The molecule has 0 spiro atoms. The van der Waals surface area contributed by atoms with Crippen LogP contribution in [-0.2, 0) is 11.3 Å². The summed E-state index contributed by atoms with van der Waals surface area (Å²) < 4.78 is 0. The molecule has 2 rings (SSSR count). The van der Waals surface area contributed by atoms with Crippen molar-refractivity contribution in [3.05, 3.63) is 16.3 Å². The van der Waals surface area contributed by atoms with E-state index in [0.717, 1.165) is 24.0 Å². The zero-order valence-electron chi connectivity index (χ0n) is 9.99. The fourth-order valence-electron chi connectivity index (χ4n) is 1.93. The highest BCUT2D eigenvalue weighted by atomic mass is 32.2. The molecule has 0 saturated carbocycles. The van der Waals surface area contributed by atoms with Crippen LogP contribution in [0.25, 0.3) is 0 Å². The van der Waals surface area contributed by atoms with Crippen LogP contribution < -0.4 is 10.6 Å². The Bertz CT molecular complexity index is 372. The fraction of sp³-hybridized carbons (Fsp3) is 0.583. The van der Waals surface area contributed by atoms with Crippen LogP contribution in [0, 0.1) is 0 Å². The summed E-state index contributed by atoms with van der Waals surface area (Å²) in [5.41, 5.74) is 0.953. The van der Waals surface area contributed by atoms with E-state index in [2.05, 4.69) is 22.4 Å². The van der Waals surface area contributed by atoms with Crippen molar-refractivity contribution >= 4 is 34.7 Å². The summed E-state index contributed by atoms with van der Waals surface area (Å²) in [6.45, 7) is 3.47. The summed E-state index contributed by atoms with van der Waals surface area (Å²) in [7, 11) is 0. The van der Waals surface area contributed by atoms with Gasteiger partial charge in [0.05, 0.1) is 5.69 Å². The van der Waals surface area contributed by atoms with Gasteiger partial charge in [-0.3, -0.25) is 4.79 Å². The predicted molar refractivity (Wildman–Crippen MR) is 75.8 cm³/mol. The molecule has 3 nitrogen and oxygen atoms in total. The van der Waals surface area contributed by atoms with Crippen LogP contribution in [0.1, 0.15) is 24.6 Å². The molecule has 1 aliphatic heterocycles. The third kappa shape index (κ3) is 4.01. The monoisotopic (exact) mass is 270 g/mol. The molecule has 0 aromatic carbocycles. The van der Waals surface area contributed by atoms with E-state index in [1.165, 1.54) is 23.5 Å². The molecule has 5 heteroatoms. The number of nitrogens with one attached hydrogen (secondary N) is 2. The van der Waals surface area contributed by atoms with E-state index in [1.54, 1.807) is 18.3 Å². The Morgan fingerprint density at radius 1 is 1.59 bits per heavy atom. The Labute approximate surface area is 110 Å². The number of hydrogen-bond donors (Lipinski definition) is 2. The first kappa shape index (κ1) is 12.9. The van der Waals surface area contributed by atoms with Crippen molar-refractivity contribution in [2.24, 2.45) is 0 Å². The topological polar surface area (TPSA) is 41.1 Å². The van der Waals surface area contributed by atoms with Crippen LogP contribution in [0.4, 0.5) is 5.69 Å². The van der Waals surface area contributed by atoms with E-state index in [1.807, 2.05) is 11.4 Å². The Hall–Kier alpha value is -0.520. The minimum atomic E-state index is -0.00371. The zero-order valence-corrected chi connectivity index (χ0v) is 11.6. The van der Waals surface area contributed by atoms with E-state index in [0.29, 0.717) is 0 Å². The van der Waals surface area contributed by atoms with Gasteiger partial charge in [0.1, 0.15) is 0 Å². The molecule has 1 atom stereocenters. The lowest BCUT2D eigenvalue weighted by Crippen LogP contribution is -2.22. The zero-order chi connectivity index (χ0) is 12.1. The second kappa shape index (κ2) is 6.42. The van der Waals surface area contributed by atoms with Gasteiger partial charge in [-0.25, -0.2) is 0 Å². The number of hydrogen-bond acceptors (Lipinski definition) is 4. The maximum Gasteiger partial charge on any atom is 0.221 e. The van der Waals surface area contributed by atoms with Gasteiger partial charge in [0.15, 0.2) is 0 Å². The fourth-order valence-corrected chi connectivity index (χ4v) is 3.97.